The van der Waals surface area contributed by atoms with Gasteiger partial charge in [0.2, 0.25) is 0 Å². The van der Waals surface area contributed by atoms with Gasteiger partial charge in [0.15, 0.2) is 11.5 Å². The number of methoxy groups -OCH3 is 2. The number of aromatic hydroxyl groups is 1. The molecule has 4 unspecified atom stereocenters. The van der Waals surface area contributed by atoms with Crippen LogP contribution in [0.3, 0.4) is 0 Å². The van der Waals surface area contributed by atoms with Crippen molar-refractivity contribution in [2.45, 2.75) is 103 Å². The van der Waals surface area contributed by atoms with E-state index in [0.29, 0.717) is 42.8 Å². The molecule has 3 aromatic carbocycles. The number of carbonyl (C=O) groups is 1. The molecule has 0 radical (unpaired) electrons. The standard InChI is InChI=1S/C43H56FNO5/c1-29(46)45(24-12-15-30-13-8-7-9-14-30,33-17-21-38(49-3)39(27-33)50-4)23-11-6-5-10-16-31-25-32-26-34(47)18-19-35(32)42-37(44)28-43(2)36(41(31)42)20-22-40(43)48/h7-9,13-14,17-19,21,26-27,31,36-37,40-42,48H,5-6,10-12,15-16,20,22-25,28H2,1-4H3/p+1/t31-,36?,37+,40+,41?,42?,43+,45?/m1/s1. The van der Waals surface area contributed by atoms with Gasteiger partial charge in [-0.2, -0.15) is 0 Å². The average Bonchev–Trinajstić information content (AvgIpc) is 3.41. The molecule has 1 amide bonds. The maximum Gasteiger partial charge on any atom is 0.315 e. The lowest BCUT2D eigenvalue weighted by Gasteiger charge is -2.54. The molecule has 3 aromatic rings. The van der Waals surface area contributed by atoms with E-state index in [1.54, 1.807) is 27.2 Å². The maximum absolute atomic E-state index is 16.2. The van der Waals surface area contributed by atoms with Crippen molar-refractivity contribution < 1.29 is 28.9 Å². The monoisotopic (exact) mass is 686 g/mol. The Hall–Kier alpha value is -3.42. The zero-order valence-electron chi connectivity index (χ0n) is 30.5. The molecule has 2 saturated carbocycles. The van der Waals surface area contributed by atoms with Gasteiger partial charge in [0.25, 0.3) is 0 Å². The predicted molar refractivity (Wildman–Crippen MR) is 197 cm³/mol. The number of hydrogen-bond acceptors (Lipinski definition) is 5. The quantitative estimate of drug-likeness (QED) is 0.131. The van der Waals surface area contributed by atoms with Crippen molar-refractivity contribution >= 4 is 11.6 Å². The molecule has 7 heteroatoms. The average molecular weight is 687 g/mol. The second-order valence-corrected chi connectivity index (χ2v) is 15.6. The van der Waals surface area contributed by atoms with E-state index in [1.165, 1.54) is 5.56 Å². The topological polar surface area (TPSA) is 76.0 Å². The fourth-order valence-electron chi connectivity index (χ4n) is 10.3. The van der Waals surface area contributed by atoms with Crippen LogP contribution < -0.4 is 14.0 Å². The fourth-order valence-corrected chi connectivity index (χ4v) is 10.3. The Morgan fingerprint density at radius 1 is 0.920 bits per heavy atom. The lowest BCUT2D eigenvalue weighted by atomic mass is 9.51. The van der Waals surface area contributed by atoms with Crippen molar-refractivity contribution in [3.63, 3.8) is 0 Å². The molecule has 270 valence electrons. The number of phenols is 1. The van der Waals surface area contributed by atoms with Crippen LogP contribution in [0.4, 0.5) is 10.1 Å². The van der Waals surface area contributed by atoms with Crippen LogP contribution in [0, 0.1) is 23.2 Å². The Morgan fingerprint density at radius 3 is 2.40 bits per heavy atom. The summed E-state index contributed by atoms with van der Waals surface area (Å²) >= 11 is 0. The molecular formula is C43H57FNO5+. The number of nitrogens with zero attached hydrogens (tertiary/aromatic N) is 1. The summed E-state index contributed by atoms with van der Waals surface area (Å²) in [6.07, 6.45) is 8.33. The summed E-state index contributed by atoms with van der Waals surface area (Å²) in [7, 11) is 3.26. The van der Waals surface area contributed by atoms with E-state index in [-0.39, 0.29) is 33.4 Å². The van der Waals surface area contributed by atoms with Crippen LogP contribution in [0.2, 0.25) is 0 Å². The largest absolute Gasteiger partial charge is 0.508 e. The number of halogens is 1. The van der Waals surface area contributed by atoms with Gasteiger partial charge in [0, 0.05) is 24.5 Å². The number of quaternary nitrogens is 1. The van der Waals surface area contributed by atoms with Gasteiger partial charge in [0.05, 0.1) is 40.3 Å². The number of unbranched alkanes of at least 4 members (excludes halogenated alkanes) is 3. The number of alkyl halides is 1. The normalized spacial score (nSPS) is 28.2. The summed E-state index contributed by atoms with van der Waals surface area (Å²) in [5.41, 5.74) is 3.99. The minimum absolute atomic E-state index is 0.125. The van der Waals surface area contributed by atoms with Crippen molar-refractivity contribution in [2.75, 3.05) is 27.3 Å². The number of carbonyl (C=O) groups excluding carboxylic acids is 1. The molecule has 3 aliphatic rings. The van der Waals surface area contributed by atoms with Gasteiger partial charge in [-0.3, -0.25) is 0 Å². The Morgan fingerprint density at radius 2 is 1.66 bits per heavy atom. The molecule has 3 aliphatic carbocycles. The Kier molecular flexibility index (Phi) is 11.2. The molecule has 6 nitrogen and oxygen atoms in total. The van der Waals surface area contributed by atoms with Crippen LogP contribution >= 0.6 is 0 Å². The van der Waals surface area contributed by atoms with Gasteiger partial charge in [-0.1, -0.05) is 56.2 Å². The van der Waals surface area contributed by atoms with E-state index in [4.69, 9.17) is 9.47 Å². The van der Waals surface area contributed by atoms with Crippen molar-refractivity contribution in [3.05, 3.63) is 83.4 Å². The zero-order chi connectivity index (χ0) is 35.5. The molecule has 0 aliphatic heterocycles. The number of aliphatic hydroxyl groups is 1. The maximum atomic E-state index is 16.2. The minimum Gasteiger partial charge on any atom is -0.508 e. The summed E-state index contributed by atoms with van der Waals surface area (Å²) in [6, 6.07) is 21.8. The Balaban J connectivity index is 1.14. The lowest BCUT2D eigenvalue weighted by molar-refractivity contribution is -0.128. The van der Waals surface area contributed by atoms with Crippen molar-refractivity contribution in [3.8, 4) is 17.2 Å². The van der Waals surface area contributed by atoms with Crippen molar-refractivity contribution in [2.24, 2.45) is 23.2 Å². The van der Waals surface area contributed by atoms with E-state index in [0.717, 1.165) is 81.0 Å². The Labute approximate surface area is 298 Å². The molecule has 50 heavy (non-hydrogen) atoms. The van der Waals surface area contributed by atoms with Gasteiger partial charge in [-0.15, -0.1) is 0 Å². The molecule has 0 bridgehead atoms. The first-order valence-corrected chi connectivity index (χ1v) is 18.9. The number of ether oxygens (including phenoxy) is 2. The van der Waals surface area contributed by atoms with Crippen LogP contribution in [0.5, 0.6) is 17.2 Å². The predicted octanol–water partition coefficient (Wildman–Crippen LogP) is 8.94. The Bertz CT molecular complexity index is 1610. The number of benzene rings is 3. The summed E-state index contributed by atoms with van der Waals surface area (Å²) in [6.45, 7) is 5.25. The second kappa shape index (κ2) is 15.4. The van der Waals surface area contributed by atoms with Gasteiger partial charge >= 0.3 is 5.91 Å². The first-order chi connectivity index (χ1) is 24.1. The first kappa shape index (κ1) is 36.4. The van der Waals surface area contributed by atoms with Crippen molar-refractivity contribution in [1.29, 1.82) is 0 Å². The summed E-state index contributed by atoms with van der Waals surface area (Å²) in [4.78, 5) is 13.6. The van der Waals surface area contributed by atoms with E-state index in [9.17, 15) is 15.0 Å². The SMILES string of the molecule is COc1ccc([N+](CCCCCC[C@@H]2Cc3cc(O)ccc3C3C2C2CC[C@H](O)[C@@]2(C)C[C@@H]3F)(CCCc2ccccc2)C(C)=O)cc1OC. The van der Waals surface area contributed by atoms with E-state index >= 15 is 4.39 Å². The third kappa shape index (κ3) is 7.05. The number of rotatable bonds is 14. The van der Waals surface area contributed by atoms with Gasteiger partial charge in [0.1, 0.15) is 17.6 Å². The lowest BCUT2D eigenvalue weighted by Crippen LogP contribution is -2.54. The highest BCUT2D eigenvalue weighted by molar-refractivity contribution is 5.87. The molecule has 6 rings (SSSR count). The molecule has 0 aromatic heterocycles. The minimum atomic E-state index is -0.990. The van der Waals surface area contributed by atoms with Crippen LogP contribution in [0.15, 0.2) is 66.7 Å². The molecule has 8 atom stereocenters. The third-order valence-corrected chi connectivity index (χ3v) is 13.0. The summed E-state index contributed by atoms with van der Waals surface area (Å²) < 4.78 is 27.6. The van der Waals surface area contributed by atoms with Crippen LogP contribution in [0.25, 0.3) is 0 Å². The molecule has 0 spiro atoms. The number of aliphatic hydroxyl groups excluding tert-OH is 1. The number of amides is 1. The van der Waals surface area contributed by atoms with Crippen LogP contribution in [0.1, 0.15) is 94.2 Å². The van der Waals surface area contributed by atoms with Gasteiger partial charge in [-0.25, -0.2) is 13.7 Å². The van der Waals surface area contributed by atoms with E-state index in [1.807, 2.05) is 36.4 Å². The highest BCUT2D eigenvalue weighted by Crippen LogP contribution is 2.63. The van der Waals surface area contributed by atoms with E-state index in [2.05, 4.69) is 31.2 Å². The molecule has 2 fully saturated rings. The van der Waals surface area contributed by atoms with Crippen molar-refractivity contribution in [1.82, 2.24) is 4.48 Å². The molecule has 0 saturated heterocycles. The van der Waals surface area contributed by atoms with Crippen LogP contribution in [-0.2, 0) is 17.6 Å². The van der Waals surface area contributed by atoms with Gasteiger partial charge in [-0.05, 0) is 109 Å². The highest BCUT2D eigenvalue weighted by atomic mass is 19.1. The molecular weight excluding hydrogens is 629 g/mol. The molecule has 2 N–H and O–H groups in total. The summed E-state index contributed by atoms with van der Waals surface area (Å²) in [5.74, 6) is 2.31. The number of hydrogen-bond donors (Lipinski definition) is 2. The fraction of sp³-hybridized carbons (Fsp3) is 0.558. The number of aryl methyl sites for hydroxylation is 1. The highest BCUT2D eigenvalue weighted by Gasteiger charge is 2.60. The molecule has 0 heterocycles. The zero-order valence-corrected chi connectivity index (χ0v) is 30.5. The smallest absolute Gasteiger partial charge is 0.315 e. The number of fused-ring (bicyclic) bond motifs is 5. The van der Waals surface area contributed by atoms with Crippen LogP contribution in [-0.4, -0.2) is 55.7 Å². The van der Waals surface area contributed by atoms with E-state index < -0.39 is 12.3 Å². The van der Waals surface area contributed by atoms with Gasteiger partial charge < -0.3 is 19.7 Å². The third-order valence-electron chi connectivity index (χ3n) is 13.0. The second-order valence-electron chi connectivity index (χ2n) is 15.6. The summed E-state index contributed by atoms with van der Waals surface area (Å²) in [5, 5.41) is 21.3. The first-order valence-electron chi connectivity index (χ1n) is 18.9. The number of phenolic OH excluding ortho intramolecular Hbond substituents is 1.